The minimum absolute atomic E-state index is 0.0874. The van der Waals surface area contributed by atoms with Gasteiger partial charge in [-0.15, -0.1) is 0 Å². The highest BCUT2D eigenvalue weighted by Gasteiger charge is 2.45. The molecule has 1 heterocycles. The van der Waals surface area contributed by atoms with E-state index in [2.05, 4.69) is 6.07 Å². The van der Waals surface area contributed by atoms with Crippen molar-refractivity contribution in [3.05, 3.63) is 29.3 Å². The third kappa shape index (κ3) is 1.84. The zero-order valence-electron chi connectivity index (χ0n) is 11.4. The van der Waals surface area contributed by atoms with Crippen LogP contribution in [0.4, 0.5) is 5.69 Å². The van der Waals surface area contributed by atoms with E-state index < -0.39 is 5.41 Å². The first-order chi connectivity index (χ1) is 8.36. The van der Waals surface area contributed by atoms with Gasteiger partial charge < -0.3 is 9.69 Å². The van der Waals surface area contributed by atoms with Gasteiger partial charge in [-0.2, -0.15) is 0 Å². The topological polar surface area (TPSA) is 37.4 Å². The number of hydrogen-bond donors (Lipinski definition) is 0. The number of anilines is 1. The fourth-order valence-corrected chi connectivity index (χ4v) is 2.65. The average Bonchev–Trinajstić information content (AvgIpc) is 2.50. The van der Waals surface area contributed by atoms with Crippen LogP contribution in [-0.4, -0.2) is 18.7 Å². The molecule has 1 aromatic carbocycles. The number of Topliss-reactive ketones (excluding diaryl/α,β-unsaturated/α-hetero) is 1. The first-order valence-corrected chi connectivity index (χ1v) is 6.25. The number of amides is 1. The summed E-state index contributed by atoms with van der Waals surface area (Å²) in [5.74, 6) is 0.220. The summed E-state index contributed by atoms with van der Waals surface area (Å²) in [5, 5.41) is 0. The van der Waals surface area contributed by atoms with Crippen LogP contribution in [0.3, 0.4) is 0 Å². The van der Waals surface area contributed by atoms with Crippen molar-refractivity contribution in [1.29, 1.82) is 0 Å². The van der Waals surface area contributed by atoms with Crippen LogP contribution >= 0.6 is 0 Å². The summed E-state index contributed by atoms with van der Waals surface area (Å²) in [4.78, 5) is 25.3. The molecule has 0 aromatic heterocycles. The van der Waals surface area contributed by atoms with Crippen LogP contribution in [0.1, 0.15) is 37.8 Å². The lowest BCUT2D eigenvalue weighted by Gasteiger charge is -2.22. The zero-order valence-corrected chi connectivity index (χ0v) is 11.4. The van der Waals surface area contributed by atoms with Gasteiger partial charge in [0.25, 0.3) is 0 Å². The smallest absolute Gasteiger partial charge is 0.237 e. The zero-order chi connectivity index (χ0) is 13.5. The van der Waals surface area contributed by atoms with E-state index >= 15 is 0 Å². The number of nitrogens with zero attached hydrogens (tertiary/aromatic N) is 1. The standard InChI is InChI=1S/C15H19NO2/c1-10-5-6-13-12(9-10)15(3,8-7-11(2)17)14(18)16(13)4/h5-6,9H,7-8H2,1-4H3. The average molecular weight is 245 g/mol. The van der Waals surface area contributed by atoms with Crippen LogP contribution in [0.25, 0.3) is 0 Å². The third-order valence-corrected chi connectivity index (χ3v) is 3.86. The summed E-state index contributed by atoms with van der Waals surface area (Å²) in [7, 11) is 1.80. The van der Waals surface area contributed by atoms with Crippen molar-refractivity contribution < 1.29 is 9.59 Å². The lowest BCUT2D eigenvalue weighted by molar-refractivity contribution is -0.123. The van der Waals surface area contributed by atoms with Gasteiger partial charge in [0.2, 0.25) is 5.91 Å². The summed E-state index contributed by atoms with van der Waals surface area (Å²) in [6.45, 7) is 5.54. The highest BCUT2D eigenvalue weighted by molar-refractivity contribution is 6.07. The van der Waals surface area contributed by atoms with Gasteiger partial charge in [-0.05, 0) is 38.8 Å². The van der Waals surface area contributed by atoms with Gasteiger partial charge in [-0.1, -0.05) is 17.7 Å². The van der Waals surface area contributed by atoms with Crippen molar-refractivity contribution in [3.63, 3.8) is 0 Å². The Morgan fingerprint density at radius 2 is 2.06 bits per heavy atom. The summed E-state index contributed by atoms with van der Waals surface area (Å²) in [6.07, 6.45) is 1.03. The lowest BCUT2D eigenvalue weighted by atomic mass is 9.79. The normalized spacial score (nSPS) is 22.2. The molecular formula is C15H19NO2. The molecule has 0 spiro atoms. The number of benzene rings is 1. The van der Waals surface area contributed by atoms with Crippen LogP contribution in [0.2, 0.25) is 0 Å². The van der Waals surface area contributed by atoms with Crippen molar-refractivity contribution in [2.24, 2.45) is 0 Å². The van der Waals surface area contributed by atoms with E-state index in [0.29, 0.717) is 12.8 Å². The fourth-order valence-electron chi connectivity index (χ4n) is 2.65. The van der Waals surface area contributed by atoms with Gasteiger partial charge in [0.15, 0.2) is 0 Å². The quantitative estimate of drug-likeness (QED) is 0.820. The number of likely N-dealkylation sites (N-methyl/N-ethyl adjacent to an activating group) is 1. The molecule has 1 unspecified atom stereocenters. The monoisotopic (exact) mass is 245 g/mol. The Hall–Kier alpha value is -1.64. The molecule has 0 bridgehead atoms. The minimum atomic E-state index is -0.554. The van der Waals surface area contributed by atoms with E-state index in [1.54, 1.807) is 18.9 Å². The number of rotatable bonds is 3. The van der Waals surface area contributed by atoms with Gasteiger partial charge in [0.1, 0.15) is 5.78 Å². The van der Waals surface area contributed by atoms with Crippen molar-refractivity contribution in [3.8, 4) is 0 Å². The molecule has 1 aliphatic rings. The first-order valence-electron chi connectivity index (χ1n) is 6.25. The molecule has 96 valence electrons. The molecule has 18 heavy (non-hydrogen) atoms. The third-order valence-electron chi connectivity index (χ3n) is 3.86. The second kappa shape index (κ2) is 4.23. The summed E-state index contributed by atoms with van der Waals surface area (Å²) < 4.78 is 0. The van der Waals surface area contributed by atoms with E-state index in [4.69, 9.17) is 0 Å². The Morgan fingerprint density at radius 1 is 1.39 bits per heavy atom. The largest absolute Gasteiger partial charge is 0.314 e. The maximum atomic E-state index is 12.4. The van der Waals surface area contributed by atoms with Crippen molar-refractivity contribution in [2.75, 3.05) is 11.9 Å². The predicted molar refractivity (Wildman–Crippen MR) is 71.9 cm³/mol. The fraction of sp³-hybridized carbons (Fsp3) is 0.467. The Kier molecular flexibility index (Phi) is 3.01. The molecule has 2 rings (SSSR count). The van der Waals surface area contributed by atoms with Crippen LogP contribution < -0.4 is 4.90 Å². The SMILES string of the molecule is CC(=O)CCC1(C)C(=O)N(C)c2ccc(C)cc21. The molecule has 0 aliphatic carbocycles. The van der Waals surface area contributed by atoms with Crippen LogP contribution in [0, 0.1) is 6.92 Å². The number of carbonyl (C=O) groups is 2. The Balaban J connectivity index is 2.46. The van der Waals surface area contributed by atoms with Gasteiger partial charge in [-0.3, -0.25) is 4.79 Å². The molecule has 0 fully saturated rings. The van der Waals surface area contributed by atoms with Gasteiger partial charge in [0, 0.05) is 19.2 Å². The minimum Gasteiger partial charge on any atom is -0.314 e. The highest BCUT2D eigenvalue weighted by Crippen LogP contribution is 2.44. The molecule has 0 radical (unpaired) electrons. The second-order valence-electron chi connectivity index (χ2n) is 5.42. The number of hydrogen-bond acceptors (Lipinski definition) is 2. The highest BCUT2D eigenvalue weighted by atomic mass is 16.2. The molecule has 3 heteroatoms. The molecule has 1 atom stereocenters. The Labute approximate surface area is 108 Å². The van der Waals surface area contributed by atoms with E-state index in [1.165, 1.54) is 0 Å². The van der Waals surface area contributed by atoms with Crippen LogP contribution in [-0.2, 0) is 15.0 Å². The molecule has 0 N–H and O–H groups in total. The van der Waals surface area contributed by atoms with E-state index in [-0.39, 0.29) is 11.7 Å². The predicted octanol–water partition coefficient (Wildman–Crippen LogP) is 2.60. The molecule has 3 nitrogen and oxygen atoms in total. The van der Waals surface area contributed by atoms with E-state index in [9.17, 15) is 9.59 Å². The molecular weight excluding hydrogens is 226 g/mol. The molecule has 1 aliphatic heterocycles. The maximum absolute atomic E-state index is 12.4. The summed E-state index contributed by atoms with van der Waals surface area (Å²) in [6, 6.07) is 6.07. The van der Waals surface area contributed by atoms with Crippen LogP contribution in [0.5, 0.6) is 0 Å². The van der Waals surface area contributed by atoms with Crippen molar-refractivity contribution in [2.45, 2.75) is 39.0 Å². The summed E-state index contributed by atoms with van der Waals surface area (Å²) in [5.41, 5.74) is 2.61. The molecule has 1 amide bonds. The van der Waals surface area contributed by atoms with Gasteiger partial charge >= 0.3 is 0 Å². The Morgan fingerprint density at radius 3 is 2.67 bits per heavy atom. The van der Waals surface area contributed by atoms with Crippen molar-refractivity contribution in [1.82, 2.24) is 0 Å². The lowest BCUT2D eigenvalue weighted by Crippen LogP contribution is -2.36. The second-order valence-corrected chi connectivity index (χ2v) is 5.42. The number of carbonyl (C=O) groups excluding carboxylic acids is 2. The first kappa shape index (κ1) is 12.8. The van der Waals surface area contributed by atoms with Crippen LogP contribution in [0.15, 0.2) is 18.2 Å². The maximum Gasteiger partial charge on any atom is 0.237 e. The van der Waals surface area contributed by atoms with E-state index in [0.717, 1.165) is 16.8 Å². The number of ketones is 1. The number of aryl methyl sites for hydroxylation is 1. The molecule has 1 aromatic rings. The van der Waals surface area contributed by atoms with Gasteiger partial charge in [0.05, 0.1) is 5.41 Å². The van der Waals surface area contributed by atoms with Crippen molar-refractivity contribution >= 4 is 17.4 Å². The van der Waals surface area contributed by atoms with Gasteiger partial charge in [-0.25, -0.2) is 0 Å². The Bertz CT molecular complexity index is 521. The molecule has 0 saturated heterocycles. The molecule has 0 saturated carbocycles. The number of fused-ring (bicyclic) bond motifs is 1. The van der Waals surface area contributed by atoms with E-state index in [1.807, 2.05) is 26.0 Å². The summed E-state index contributed by atoms with van der Waals surface area (Å²) >= 11 is 0.